The normalized spacial score (nSPS) is 20.1. The lowest BCUT2D eigenvalue weighted by Crippen LogP contribution is -2.36. The molecule has 1 atom stereocenters. The number of likely N-dealkylation sites (tertiary alicyclic amines) is 1. The van der Waals surface area contributed by atoms with Crippen molar-refractivity contribution in [3.8, 4) is 11.5 Å². The number of halogens is 4. The zero-order valence-electron chi connectivity index (χ0n) is 13.6. The van der Waals surface area contributed by atoms with Crippen molar-refractivity contribution in [3.63, 3.8) is 0 Å². The predicted molar refractivity (Wildman–Crippen MR) is 86.4 cm³/mol. The van der Waals surface area contributed by atoms with E-state index in [2.05, 4.69) is 5.32 Å². The second-order valence-corrected chi connectivity index (χ2v) is 6.52. The van der Waals surface area contributed by atoms with Gasteiger partial charge in [-0.2, -0.15) is 13.2 Å². The third-order valence-electron chi connectivity index (χ3n) is 4.05. The SMILES string of the molecule is O=C(Nc1cc2c(cc1Cl)OCCCO2)C1CC(=O)N(CC(F)(F)F)C1. The Balaban J connectivity index is 1.69. The van der Waals surface area contributed by atoms with Crippen LogP contribution >= 0.6 is 11.6 Å². The number of carbonyl (C=O) groups excluding carboxylic acids is 2. The summed E-state index contributed by atoms with van der Waals surface area (Å²) in [4.78, 5) is 24.7. The summed E-state index contributed by atoms with van der Waals surface area (Å²) in [6.07, 6.45) is -4.07. The number of carbonyl (C=O) groups is 2. The highest BCUT2D eigenvalue weighted by atomic mass is 35.5. The summed E-state index contributed by atoms with van der Waals surface area (Å²) in [5.74, 6) is -1.27. The van der Waals surface area contributed by atoms with Crippen molar-refractivity contribution < 1.29 is 32.2 Å². The van der Waals surface area contributed by atoms with Gasteiger partial charge < -0.3 is 19.7 Å². The number of anilines is 1. The average molecular weight is 393 g/mol. The van der Waals surface area contributed by atoms with Gasteiger partial charge in [-0.15, -0.1) is 0 Å². The van der Waals surface area contributed by atoms with Crippen LogP contribution in [0.4, 0.5) is 18.9 Å². The topological polar surface area (TPSA) is 67.9 Å². The Bertz CT molecular complexity index is 726. The molecule has 1 saturated heterocycles. The summed E-state index contributed by atoms with van der Waals surface area (Å²) < 4.78 is 48.4. The number of rotatable bonds is 3. The molecule has 3 rings (SSSR count). The minimum absolute atomic E-state index is 0.207. The number of fused-ring (bicyclic) bond motifs is 1. The third-order valence-corrected chi connectivity index (χ3v) is 4.36. The van der Waals surface area contributed by atoms with Crippen LogP contribution in [-0.2, 0) is 9.59 Å². The van der Waals surface area contributed by atoms with E-state index in [1.165, 1.54) is 12.1 Å². The monoisotopic (exact) mass is 392 g/mol. The van der Waals surface area contributed by atoms with Gasteiger partial charge in [-0.1, -0.05) is 11.6 Å². The minimum Gasteiger partial charge on any atom is -0.490 e. The van der Waals surface area contributed by atoms with Crippen molar-refractivity contribution in [3.05, 3.63) is 17.2 Å². The fourth-order valence-electron chi connectivity index (χ4n) is 2.83. The van der Waals surface area contributed by atoms with Gasteiger partial charge in [0, 0.05) is 31.5 Å². The minimum atomic E-state index is -4.50. The van der Waals surface area contributed by atoms with Gasteiger partial charge in [-0.3, -0.25) is 9.59 Å². The molecule has 2 aliphatic heterocycles. The summed E-state index contributed by atoms with van der Waals surface area (Å²) in [6.45, 7) is -0.716. The van der Waals surface area contributed by atoms with Gasteiger partial charge in [0.15, 0.2) is 11.5 Å². The molecule has 2 aliphatic rings. The van der Waals surface area contributed by atoms with Gasteiger partial charge in [0.25, 0.3) is 0 Å². The van der Waals surface area contributed by atoms with Crippen LogP contribution in [0.5, 0.6) is 11.5 Å². The van der Waals surface area contributed by atoms with Crippen molar-refractivity contribution in [1.29, 1.82) is 0 Å². The highest BCUT2D eigenvalue weighted by Crippen LogP contribution is 2.38. The molecule has 1 aromatic rings. The van der Waals surface area contributed by atoms with Crippen LogP contribution in [0.3, 0.4) is 0 Å². The summed E-state index contributed by atoms with van der Waals surface area (Å²) in [6, 6.07) is 3.01. The summed E-state index contributed by atoms with van der Waals surface area (Å²) in [5.41, 5.74) is 0.252. The van der Waals surface area contributed by atoms with E-state index in [-0.39, 0.29) is 23.7 Å². The maximum Gasteiger partial charge on any atom is 0.406 e. The number of alkyl halides is 3. The van der Waals surface area contributed by atoms with Crippen molar-refractivity contribution >= 4 is 29.1 Å². The van der Waals surface area contributed by atoms with E-state index in [1.807, 2.05) is 0 Å². The molecule has 0 radical (unpaired) electrons. The Kier molecular flexibility index (Phi) is 5.17. The highest BCUT2D eigenvalue weighted by molar-refractivity contribution is 6.34. The van der Waals surface area contributed by atoms with Crippen LogP contribution in [-0.4, -0.2) is 49.2 Å². The quantitative estimate of drug-likeness (QED) is 0.859. The van der Waals surface area contributed by atoms with Crippen molar-refractivity contribution in [2.75, 3.05) is 31.6 Å². The van der Waals surface area contributed by atoms with Gasteiger partial charge in [0.1, 0.15) is 6.54 Å². The molecule has 1 fully saturated rings. The molecule has 0 bridgehead atoms. The van der Waals surface area contributed by atoms with Crippen LogP contribution in [0.1, 0.15) is 12.8 Å². The molecular weight excluding hydrogens is 377 g/mol. The number of nitrogens with zero attached hydrogens (tertiary/aromatic N) is 1. The predicted octanol–water partition coefficient (Wildman–Crippen LogP) is 2.85. The molecule has 0 aromatic heterocycles. The Morgan fingerprint density at radius 1 is 1.27 bits per heavy atom. The Morgan fingerprint density at radius 3 is 2.58 bits per heavy atom. The van der Waals surface area contributed by atoms with E-state index in [0.29, 0.717) is 36.0 Å². The van der Waals surface area contributed by atoms with Gasteiger partial charge in [0.05, 0.1) is 29.8 Å². The first-order chi connectivity index (χ1) is 12.2. The first-order valence-corrected chi connectivity index (χ1v) is 8.35. The zero-order chi connectivity index (χ0) is 18.9. The van der Waals surface area contributed by atoms with Crippen molar-refractivity contribution in [1.82, 2.24) is 4.90 Å². The molecule has 0 aliphatic carbocycles. The van der Waals surface area contributed by atoms with E-state index >= 15 is 0 Å². The lowest BCUT2D eigenvalue weighted by molar-refractivity contribution is -0.157. The lowest BCUT2D eigenvalue weighted by atomic mass is 10.1. The average Bonchev–Trinajstić information content (AvgIpc) is 2.76. The number of nitrogens with one attached hydrogen (secondary N) is 1. The molecule has 6 nitrogen and oxygen atoms in total. The molecule has 2 heterocycles. The largest absolute Gasteiger partial charge is 0.490 e. The second-order valence-electron chi connectivity index (χ2n) is 6.11. The van der Waals surface area contributed by atoms with Crippen LogP contribution in [0.15, 0.2) is 12.1 Å². The Hall–Kier alpha value is -2.16. The number of ether oxygens (including phenoxy) is 2. The highest BCUT2D eigenvalue weighted by Gasteiger charge is 2.40. The maximum absolute atomic E-state index is 12.5. The molecule has 1 aromatic carbocycles. The first kappa shape index (κ1) is 18.6. The summed E-state index contributed by atoms with van der Waals surface area (Å²) in [7, 11) is 0. The summed E-state index contributed by atoms with van der Waals surface area (Å²) in [5, 5.41) is 2.77. The fourth-order valence-corrected chi connectivity index (χ4v) is 3.03. The van der Waals surface area contributed by atoms with Crippen LogP contribution in [0.2, 0.25) is 5.02 Å². The standard InChI is InChI=1S/C16H16ClF3N2O4/c17-10-5-12-13(26-3-1-2-25-12)6-11(10)21-15(24)9-4-14(23)22(7-9)8-16(18,19)20/h5-6,9H,1-4,7-8H2,(H,21,24). The molecule has 0 saturated carbocycles. The number of amides is 2. The van der Waals surface area contributed by atoms with Gasteiger partial charge >= 0.3 is 6.18 Å². The van der Waals surface area contributed by atoms with Crippen molar-refractivity contribution in [2.45, 2.75) is 19.0 Å². The van der Waals surface area contributed by atoms with Crippen LogP contribution in [0.25, 0.3) is 0 Å². The van der Waals surface area contributed by atoms with Crippen molar-refractivity contribution in [2.24, 2.45) is 5.92 Å². The van der Waals surface area contributed by atoms with Gasteiger partial charge in [0.2, 0.25) is 11.8 Å². The molecule has 2 amide bonds. The van der Waals surface area contributed by atoms with E-state index < -0.39 is 30.5 Å². The maximum atomic E-state index is 12.5. The van der Waals surface area contributed by atoms with Crippen LogP contribution < -0.4 is 14.8 Å². The number of hydrogen-bond acceptors (Lipinski definition) is 4. The Morgan fingerprint density at radius 2 is 1.92 bits per heavy atom. The Labute approximate surface area is 152 Å². The molecule has 10 heteroatoms. The third kappa shape index (κ3) is 4.32. The summed E-state index contributed by atoms with van der Waals surface area (Å²) >= 11 is 6.13. The first-order valence-electron chi connectivity index (χ1n) is 7.97. The van der Waals surface area contributed by atoms with E-state index in [1.54, 1.807) is 0 Å². The molecule has 0 spiro atoms. The lowest BCUT2D eigenvalue weighted by Gasteiger charge is -2.18. The van der Waals surface area contributed by atoms with Gasteiger partial charge in [-0.05, 0) is 0 Å². The fraction of sp³-hybridized carbons (Fsp3) is 0.500. The van der Waals surface area contributed by atoms with E-state index in [0.717, 1.165) is 0 Å². The molecule has 1 unspecified atom stereocenters. The molecule has 1 N–H and O–H groups in total. The molecule has 142 valence electrons. The van der Waals surface area contributed by atoms with E-state index in [9.17, 15) is 22.8 Å². The van der Waals surface area contributed by atoms with E-state index in [4.69, 9.17) is 21.1 Å². The second kappa shape index (κ2) is 7.22. The van der Waals surface area contributed by atoms with Crippen LogP contribution in [0, 0.1) is 5.92 Å². The number of hydrogen-bond donors (Lipinski definition) is 1. The molecule has 26 heavy (non-hydrogen) atoms. The smallest absolute Gasteiger partial charge is 0.406 e. The zero-order valence-corrected chi connectivity index (χ0v) is 14.3. The number of benzene rings is 1. The van der Waals surface area contributed by atoms with Gasteiger partial charge in [-0.25, -0.2) is 0 Å². The molecular formula is C16H16ClF3N2O4.